The van der Waals surface area contributed by atoms with Gasteiger partial charge in [0.05, 0.1) is 13.2 Å². The van der Waals surface area contributed by atoms with Crippen LogP contribution in [0.4, 0.5) is 0 Å². The molecule has 2 N–H and O–H groups in total. The fourth-order valence-electron chi connectivity index (χ4n) is 2.34. The molecule has 2 aromatic rings. The van der Waals surface area contributed by atoms with Crippen LogP contribution in [-0.2, 0) is 17.8 Å². The largest absolute Gasteiger partial charge is 0.380 e. The molecule has 0 aliphatic carbocycles. The highest BCUT2D eigenvalue weighted by molar-refractivity contribution is 5.79. The summed E-state index contributed by atoms with van der Waals surface area (Å²) in [5, 5.41) is 6.47. The molecule has 1 aromatic heterocycles. The summed E-state index contributed by atoms with van der Waals surface area (Å²) in [6.45, 7) is 5.33. The molecule has 6 nitrogen and oxygen atoms in total. The van der Waals surface area contributed by atoms with Crippen LogP contribution in [-0.4, -0.2) is 37.3 Å². The van der Waals surface area contributed by atoms with Crippen LogP contribution in [0.25, 0.3) is 0 Å². The molecule has 134 valence electrons. The minimum absolute atomic E-state index is 0.00942. The monoisotopic (exact) mass is 342 g/mol. The lowest BCUT2D eigenvalue weighted by atomic mass is 10.1. The lowest BCUT2D eigenvalue weighted by Gasteiger charge is -2.12. The van der Waals surface area contributed by atoms with Crippen LogP contribution in [0.3, 0.4) is 0 Å². The van der Waals surface area contributed by atoms with Crippen LogP contribution in [0.2, 0.25) is 0 Å². The Hall–Kier alpha value is -2.60. The second-order valence-corrected chi connectivity index (χ2v) is 5.53. The zero-order valence-corrected chi connectivity index (χ0v) is 14.9. The molecule has 0 atom stereocenters. The summed E-state index contributed by atoms with van der Waals surface area (Å²) in [7, 11) is 1.75. The Bertz CT molecular complexity index is 723. The molecule has 2 rings (SSSR count). The summed E-state index contributed by atoms with van der Waals surface area (Å²) >= 11 is 0. The molecular weight excluding hydrogens is 316 g/mol. The molecule has 0 fully saturated rings. The Morgan fingerprint density at radius 2 is 1.88 bits per heavy atom. The maximum absolute atomic E-state index is 11.8. The number of aliphatic imine (C=N–C) groups is 1. The van der Waals surface area contributed by atoms with Gasteiger partial charge in [-0.25, -0.2) is 0 Å². The number of nitrogens with zero attached hydrogens (tertiary/aromatic N) is 2. The molecule has 6 heteroatoms. The second-order valence-electron chi connectivity index (χ2n) is 5.53. The van der Waals surface area contributed by atoms with Crippen molar-refractivity contribution in [2.75, 3.05) is 26.8 Å². The van der Waals surface area contributed by atoms with Gasteiger partial charge in [-0.1, -0.05) is 30.3 Å². The Labute approximate surface area is 148 Å². The summed E-state index contributed by atoms with van der Waals surface area (Å²) < 4.78 is 6.98. The predicted octanol–water partition coefficient (Wildman–Crippen LogP) is 1.60. The van der Waals surface area contributed by atoms with Gasteiger partial charge in [0.2, 0.25) is 0 Å². The lowest BCUT2D eigenvalue weighted by Crippen LogP contribution is -2.38. The van der Waals surface area contributed by atoms with Crippen molar-refractivity contribution < 1.29 is 4.74 Å². The summed E-state index contributed by atoms with van der Waals surface area (Å²) in [4.78, 5) is 15.9. The number of hydrogen-bond donors (Lipinski definition) is 2. The standard InChI is InChI=1S/C19H26N4O2/c1-3-25-13-11-21-19(20-2)22-14-16-7-9-17(10-8-16)15-23-12-5-4-6-18(23)24/h4-10,12H,3,11,13-15H2,1-2H3,(H2,20,21,22). The Morgan fingerprint density at radius 1 is 1.12 bits per heavy atom. The van der Waals surface area contributed by atoms with E-state index < -0.39 is 0 Å². The Balaban J connectivity index is 1.83. The van der Waals surface area contributed by atoms with E-state index in [9.17, 15) is 4.79 Å². The number of ether oxygens (including phenoxy) is 1. The van der Waals surface area contributed by atoms with E-state index in [-0.39, 0.29) is 5.56 Å². The maximum atomic E-state index is 11.8. The van der Waals surface area contributed by atoms with Gasteiger partial charge >= 0.3 is 0 Å². The molecule has 1 heterocycles. The zero-order chi connectivity index (χ0) is 17.9. The van der Waals surface area contributed by atoms with Crippen molar-refractivity contribution in [2.45, 2.75) is 20.0 Å². The first-order valence-corrected chi connectivity index (χ1v) is 8.48. The third-order valence-corrected chi connectivity index (χ3v) is 3.70. The van der Waals surface area contributed by atoms with Crippen molar-refractivity contribution in [2.24, 2.45) is 4.99 Å². The molecule has 0 amide bonds. The molecule has 25 heavy (non-hydrogen) atoms. The third-order valence-electron chi connectivity index (χ3n) is 3.70. The summed E-state index contributed by atoms with van der Waals surface area (Å²) in [5.41, 5.74) is 2.25. The lowest BCUT2D eigenvalue weighted by molar-refractivity contribution is 0.152. The van der Waals surface area contributed by atoms with Crippen molar-refractivity contribution in [3.63, 3.8) is 0 Å². The van der Waals surface area contributed by atoms with Gasteiger partial charge in [-0.15, -0.1) is 0 Å². The number of pyridine rings is 1. The van der Waals surface area contributed by atoms with E-state index in [0.29, 0.717) is 19.7 Å². The molecule has 1 aromatic carbocycles. The van der Waals surface area contributed by atoms with E-state index in [2.05, 4.69) is 27.8 Å². The first-order valence-electron chi connectivity index (χ1n) is 8.48. The highest BCUT2D eigenvalue weighted by atomic mass is 16.5. The summed E-state index contributed by atoms with van der Waals surface area (Å²) in [6.07, 6.45) is 1.80. The number of nitrogens with one attached hydrogen (secondary N) is 2. The average Bonchev–Trinajstić information content (AvgIpc) is 2.64. The highest BCUT2D eigenvalue weighted by Gasteiger charge is 2.00. The van der Waals surface area contributed by atoms with Crippen LogP contribution >= 0.6 is 0 Å². The van der Waals surface area contributed by atoms with E-state index in [1.54, 1.807) is 29.9 Å². The van der Waals surface area contributed by atoms with Gasteiger partial charge < -0.3 is 19.9 Å². The molecule has 0 saturated heterocycles. The van der Waals surface area contributed by atoms with Gasteiger partial charge in [0.1, 0.15) is 0 Å². The highest BCUT2D eigenvalue weighted by Crippen LogP contribution is 2.05. The average molecular weight is 342 g/mol. The van der Waals surface area contributed by atoms with Crippen molar-refractivity contribution in [3.05, 3.63) is 70.1 Å². The van der Waals surface area contributed by atoms with Gasteiger partial charge in [0.25, 0.3) is 5.56 Å². The summed E-state index contributed by atoms with van der Waals surface area (Å²) in [6, 6.07) is 13.4. The predicted molar refractivity (Wildman–Crippen MR) is 101 cm³/mol. The molecule has 0 radical (unpaired) electrons. The smallest absolute Gasteiger partial charge is 0.250 e. The minimum atomic E-state index is 0.00942. The molecule has 0 aliphatic heterocycles. The van der Waals surface area contributed by atoms with Gasteiger partial charge in [-0.3, -0.25) is 9.79 Å². The molecule has 0 aliphatic rings. The molecule has 0 saturated carbocycles. The van der Waals surface area contributed by atoms with E-state index in [0.717, 1.165) is 30.2 Å². The molecular formula is C19H26N4O2. The number of rotatable bonds is 8. The number of aromatic nitrogens is 1. The zero-order valence-electron chi connectivity index (χ0n) is 14.9. The van der Waals surface area contributed by atoms with E-state index in [1.807, 2.05) is 25.1 Å². The van der Waals surface area contributed by atoms with Gasteiger partial charge in [0.15, 0.2) is 5.96 Å². The fourth-order valence-corrected chi connectivity index (χ4v) is 2.34. The normalized spacial score (nSPS) is 11.4. The van der Waals surface area contributed by atoms with Gasteiger partial charge in [-0.05, 0) is 24.1 Å². The van der Waals surface area contributed by atoms with Crippen LogP contribution in [0.1, 0.15) is 18.1 Å². The first kappa shape index (κ1) is 18.7. The molecule has 0 unspecified atom stereocenters. The third kappa shape index (κ3) is 6.43. The van der Waals surface area contributed by atoms with Crippen molar-refractivity contribution >= 4 is 5.96 Å². The van der Waals surface area contributed by atoms with E-state index in [4.69, 9.17) is 4.74 Å². The maximum Gasteiger partial charge on any atom is 0.250 e. The van der Waals surface area contributed by atoms with Crippen LogP contribution < -0.4 is 16.2 Å². The van der Waals surface area contributed by atoms with E-state index >= 15 is 0 Å². The van der Waals surface area contributed by atoms with Crippen LogP contribution in [0.5, 0.6) is 0 Å². The van der Waals surface area contributed by atoms with Gasteiger partial charge in [0, 0.05) is 39.0 Å². The van der Waals surface area contributed by atoms with Gasteiger partial charge in [-0.2, -0.15) is 0 Å². The SMILES string of the molecule is CCOCCNC(=NC)NCc1ccc(Cn2ccccc2=O)cc1. The van der Waals surface area contributed by atoms with E-state index in [1.165, 1.54) is 0 Å². The Kier molecular flexibility index (Phi) is 7.72. The minimum Gasteiger partial charge on any atom is -0.380 e. The number of hydrogen-bond acceptors (Lipinski definition) is 3. The number of benzene rings is 1. The fraction of sp³-hybridized carbons (Fsp3) is 0.368. The quantitative estimate of drug-likeness (QED) is 0.434. The molecule has 0 spiro atoms. The Morgan fingerprint density at radius 3 is 2.56 bits per heavy atom. The summed E-state index contributed by atoms with van der Waals surface area (Å²) in [5.74, 6) is 0.750. The first-order chi connectivity index (χ1) is 12.2. The van der Waals surface area contributed by atoms with Crippen LogP contribution in [0, 0.1) is 0 Å². The van der Waals surface area contributed by atoms with Crippen molar-refractivity contribution in [3.8, 4) is 0 Å². The number of guanidine groups is 1. The second kappa shape index (κ2) is 10.3. The van der Waals surface area contributed by atoms with Crippen molar-refractivity contribution in [1.82, 2.24) is 15.2 Å². The van der Waals surface area contributed by atoms with Crippen molar-refractivity contribution in [1.29, 1.82) is 0 Å². The van der Waals surface area contributed by atoms with Crippen LogP contribution in [0.15, 0.2) is 58.4 Å². The topological polar surface area (TPSA) is 67.7 Å². The molecule has 0 bridgehead atoms.